The standard InChI is InChI=1S/C74H68BN3S2/c1-70(2,3)46-32-34-56(51(40-46)45-22-11-10-12-23-45)76-59-35-33-49-48-24-13-17-29-63(48)80-69(49)68(59)75-55-43-53-54(72(6,7)39-38-71(53,4)5)44-60(55)77(58-28-21-31-65-66(58)50-25-14-18-30-64(50)79-65)62-42-47(41-61(76)67(62)75)78-57-27-16-15-26-52(57)73(8)36-19-20-37-74(73,78)9/h10-18,21-35,40-44H,19-20,36-39H2,1-9H3. The first-order chi connectivity index (χ1) is 38.5. The highest BCUT2D eigenvalue weighted by molar-refractivity contribution is 7.28. The average molecular weight is 1070 g/mol. The zero-order valence-corrected chi connectivity index (χ0v) is 49.4. The zero-order valence-electron chi connectivity index (χ0n) is 47.7. The van der Waals surface area contributed by atoms with Gasteiger partial charge < -0.3 is 14.7 Å². The van der Waals surface area contributed by atoms with E-state index in [0.717, 1.165) is 19.3 Å². The molecule has 11 aromatic rings. The fourth-order valence-corrected chi connectivity index (χ4v) is 18.4. The van der Waals surface area contributed by atoms with E-state index in [1.807, 2.05) is 22.7 Å². The van der Waals surface area contributed by atoms with Gasteiger partial charge in [-0.25, -0.2) is 0 Å². The smallest absolute Gasteiger partial charge is 0.254 e. The van der Waals surface area contributed by atoms with Crippen molar-refractivity contribution in [3.63, 3.8) is 0 Å². The first-order valence-electron chi connectivity index (χ1n) is 29.5. The summed E-state index contributed by atoms with van der Waals surface area (Å²) in [6.45, 7) is 22.2. The van der Waals surface area contributed by atoms with Crippen LogP contribution in [0, 0.1) is 0 Å². The maximum absolute atomic E-state index is 2.84. The van der Waals surface area contributed by atoms with Crippen LogP contribution in [0.15, 0.2) is 176 Å². The Balaban J connectivity index is 1.11. The van der Waals surface area contributed by atoms with Crippen LogP contribution >= 0.6 is 22.7 Å². The number of thiophene rings is 2. The number of hydrogen-bond donors (Lipinski definition) is 0. The lowest BCUT2D eigenvalue weighted by Crippen LogP contribution is -2.62. The van der Waals surface area contributed by atoms with Gasteiger partial charge in [0.25, 0.3) is 6.71 Å². The predicted molar refractivity (Wildman–Crippen MR) is 348 cm³/mol. The van der Waals surface area contributed by atoms with E-state index in [9.17, 15) is 0 Å². The number of anilines is 8. The monoisotopic (exact) mass is 1070 g/mol. The van der Waals surface area contributed by atoms with Crippen molar-refractivity contribution in [1.29, 1.82) is 0 Å². The van der Waals surface area contributed by atoms with Crippen LogP contribution in [-0.2, 0) is 21.7 Å². The predicted octanol–water partition coefficient (Wildman–Crippen LogP) is 19.6. The van der Waals surface area contributed by atoms with Crippen molar-refractivity contribution >= 4 is 132 Å². The molecule has 394 valence electrons. The molecule has 80 heavy (non-hydrogen) atoms. The zero-order chi connectivity index (χ0) is 54.4. The van der Waals surface area contributed by atoms with Gasteiger partial charge in [0.1, 0.15) is 0 Å². The minimum absolute atomic E-state index is 0.000966. The summed E-state index contributed by atoms with van der Waals surface area (Å²) < 4.78 is 5.36. The van der Waals surface area contributed by atoms with Gasteiger partial charge in [0.15, 0.2) is 0 Å². The van der Waals surface area contributed by atoms with Crippen molar-refractivity contribution in [2.24, 2.45) is 0 Å². The lowest BCUT2D eigenvalue weighted by molar-refractivity contribution is 0.195. The lowest BCUT2D eigenvalue weighted by Gasteiger charge is -2.51. The Labute approximate surface area is 480 Å². The topological polar surface area (TPSA) is 9.72 Å². The Bertz CT molecular complexity index is 4440. The normalized spacial score (nSPS) is 20.5. The van der Waals surface area contributed by atoms with Gasteiger partial charge in [-0.2, -0.15) is 0 Å². The number of benzene rings is 9. The summed E-state index contributed by atoms with van der Waals surface area (Å²) in [7, 11) is 0. The Hall–Kier alpha value is -7.12. The molecule has 9 aromatic carbocycles. The third-order valence-electron chi connectivity index (χ3n) is 20.6. The highest BCUT2D eigenvalue weighted by Crippen LogP contribution is 2.62. The summed E-state index contributed by atoms with van der Waals surface area (Å²) in [5, 5.41) is 5.33. The fraction of sp³-hybridized carbons (Fsp3) is 0.270. The second-order valence-corrected chi connectivity index (χ2v) is 29.1. The van der Waals surface area contributed by atoms with E-state index in [1.54, 1.807) is 0 Å². The summed E-state index contributed by atoms with van der Waals surface area (Å²) in [5.41, 5.74) is 22.4. The van der Waals surface area contributed by atoms with Crippen LogP contribution in [0.5, 0.6) is 0 Å². The van der Waals surface area contributed by atoms with Crippen LogP contribution in [0.4, 0.5) is 45.5 Å². The van der Waals surface area contributed by atoms with Crippen molar-refractivity contribution in [3.8, 4) is 11.1 Å². The summed E-state index contributed by atoms with van der Waals surface area (Å²) in [5.74, 6) is 0. The molecule has 6 heteroatoms. The molecule has 0 saturated heterocycles. The molecule has 5 aliphatic rings. The Kier molecular flexibility index (Phi) is 10.2. The number of hydrogen-bond acceptors (Lipinski definition) is 5. The van der Waals surface area contributed by atoms with Crippen LogP contribution < -0.4 is 31.1 Å². The average Bonchev–Trinajstić information content (AvgIpc) is 2.28. The van der Waals surface area contributed by atoms with Crippen LogP contribution in [0.2, 0.25) is 0 Å². The molecule has 0 radical (unpaired) electrons. The molecule has 0 spiro atoms. The summed E-state index contributed by atoms with van der Waals surface area (Å²) in [6.07, 6.45) is 7.06. The van der Waals surface area contributed by atoms with E-state index in [0.29, 0.717) is 0 Å². The van der Waals surface area contributed by atoms with Crippen molar-refractivity contribution < 1.29 is 0 Å². The Morgan fingerprint density at radius 1 is 0.450 bits per heavy atom. The Morgan fingerprint density at radius 3 is 1.84 bits per heavy atom. The van der Waals surface area contributed by atoms with Gasteiger partial charge in [0, 0.05) is 80.1 Å². The van der Waals surface area contributed by atoms with E-state index in [1.165, 1.54) is 155 Å². The number of nitrogens with zero attached hydrogens (tertiary/aromatic N) is 3. The van der Waals surface area contributed by atoms with Crippen LogP contribution in [0.3, 0.4) is 0 Å². The van der Waals surface area contributed by atoms with Gasteiger partial charge in [0.2, 0.25) is 0 Å². The van der Waals surface area contributed by atoms with Gasteiger partial charge in [-0.1, -0.05) is 177 Å². The maximum Gasteiger partial charge on any atom is 0.254 e. The molecule has 5 heterocycles. The first-order valence-corrected chi connectivity index (χ1v) is 31.1. The van der Waals surface area contributed by atoms with E-state index < -0.39 is 0 Å². The van der Waals surface area contributed by atoms with Gasteiger partial charge in [-0.15, -0.1) is 22.7 Å². The molecule has 2 unspecified atom stereocenters. The van der Waals surface area contributed by atoms with Crippen molar-refractivity contribution in [3.05, 3.63) is 198 Å². The maximum atomic E-state index is 2.84. The minimum atomic E-state index is -0.158. The minimum Gasteiger partial charge on any atom is -0.334 e. The first kappa shape index (κ1) is 48.8. The molecule has 3 nitrogen and oxygen atoms in total. The van der Waals surface area contributed by atoms with E-state index in [2.05, 4.69) is 253 Å². The molecular formula is C74H68BN3S2. The third kappa shape index (κ3) is 6.61. The molecule has 1 fully saturated rings. The lowest BCUT2D eigenvalue weighted by atomic mass is 9.33. The molecule has 0 N–H and O–H groups in total. The van der Waals surface area contributed by atoms with Crippen molar-refractivity contribution in [2.75, 3.05) is 14.7 Å². The van der Waals surface area contributed by atoms with Gasteiger partial charge >= 0.3 is 0 Å². The van der Waals surface area contributed by atoms with E-state index in [-0.39, 0.29) is 33.9 Å². The molecule has 2 aromatic heterocycles. The third-order valence-corrected chi connectivity index (χ3v) is 23.0. The highest BCUT2D eigenvalue weighted by atomic mass is 32.1. The summed E-state index contributed by atoms with van der Waals surface area (Å²) in [6, 6.07) is 69.3. The van der Waals surface area contributed by atoms with E-state index >= 15 is 0 Å². The van der Waals surface area contributed by atoms with Crippen LogP contribution in [0.1, 0.15) is 123 Å². The Morgan fingerprint density at radius 2 is 1.07 bits per heavy atom. The molecule has 2 atom stereocenters. The van der Waals surface area contributed by atoms with Crippen LogP contribution in [-0.4, -0.2) is 12.3 Å². The summed E-state index contributed by atoms with van der Waals surface area (Å²) in [4.78, 5) is 8.36. The van der Waals surface area contributed by atoms with Crippen molar-refractivity contribution in [2.45, 2.75) is 128 Å². The van der Waals surface area contributed by atoms with Gasteiger partial charge in [-0.3, -0.25) is 0 Å². The second-order valence-electron chi connectivity index (χ2n) is 27.0. The largest absolute Gasteiger partial charge is 0.334 e. The van der Waals surface area contributed by atoms with E-state index in [4.69, 9.17) is 0 Å². The quantitative estimate of drug-likeness (QED) is 0.163. The second kappa shape index (κ2) is 16.7. The molecule has 2 aliphatic carbocycles. The van der Waals surface area contributed by atoms with Gasteiger partial charge in [-0.05, 0) is 165 Å². The molecular weight excluding hydrogens is 1010 g/mol. The molecule has 3 aliphatic heterocycles. The number of para-hydroxylation sites is 1. The fourth-order valence-electron chi connectivity index (χ4n) is 16.0. The summed E-state index contributed by atoms with van der Waals surface area (Å²) >= 11 is 3.91. The molecule has 16 rings (SSSR count). The number of fused-ring (bicyclic) bond motifs is 15. The molecule has 0 amide bonds. The van der Waals surface area contributed by atoms with Crippen molar-refractivity contribution in [1.82, 2.24) is 0 Å². The number of rotatable bonds is 4. The van der Waals surface area contributed by atoms with Gasteiger partial charge in [0.05, 0.1) is 16.9 Å². The van der Waals surface area contributed by atoms with Crippen LogP contribution in [0.25, 0.3) is 51.5 Å². The highest BCUT2D eigenvalue weighted by Gasteiger charge is 2.58. The molecule has 0 bridgehead atoms. The molecule has 1 saturated carbocycles. The SMILES string of the molecule is CC(C)(C)c1ccc(N2c3cc(N4c5ccccc5C5(C)CCCCC45C)cc4c3B(c3cc5c(cc3N4c3cccc4sc6ccccc6c34)C(C)(C)CCC5(C)C)c3c2ccc2c3sc3ccccc32)c(-c2ccccc2)c1.